The Morgan fingerprint density at radius 2 is 2.00 bits per heavy atom. The molecule has 0 bridgehead atoms. The largest absolute Gasteiger partial charge is 0.334 e. The van der Waals surface area contributed by atoms with E-state index in [1.807, 2.05) is 18.5 Å². The number of aryl methyl sites for hydroxylation is 1. The van der Waals surface area contributed by atoms with Gasteiger partial charge in [-0.15, -0.1) is 11.3 Å². The molecule has 5 nitrogen and oxygen atoms in total. The third-order valence-electron chi connectivity index (χ3n) is 5.41. The lowest BCUT2D eigenvalue weighted by atomic mass is 9.90. The smallest absolute Gasteiger partial charge is 0.319 e. The first-order valence-corrected chi connectivity index (χ1v) is 11.7. The molecule has 2 atom stereocenters. The summed E-state index contributed by atoms with van der Waals surface area (Å²) >= 11 is 13.7. The highest BCUT2D eigenvalue weighted by Crippen LogP contribution is 2.34. The van der Waals surface area contributed by atoms with Crippen molar-refractivity contribution in [2.75, 3.05) is 18.4 Å². The zero-order valence-corrected chi connectivity index (χ0v) is 19.5. The summed E-state index contributed by atoms with van der Waals surface area (Å²) in [6, 6.07) is 13.1. The van der Waals surface area contributed by atoms with Crippen molar-refractivity contribution in [3.63, 3.8) is 0 Å². The highest BCUT2D eigenvalue weighted by molar-refractivity contribution is 7.16. The molecule has 4 rings (SSSR count). The number of hydrogen-bond acceptors (Lipinski definition) is 4. The number of carbonyl (C=O) groups excluding carboxylic acids is 1. The zero-order valence-electron chi connectivity index (χ0n) is 17.1. The SMILES string of the molecule is Cc1cncc(CN2CCC(NC(=O)Nc3ccc(Cl)cc3)C(c3ccc(Cl)s3)C2)c1. The lowest BCUT2D eigenvalue weighted by Crippen LogP contribution is -2.50. The molecule has 8 heteroatoms. The van der Waals surface area contributed by atoms with Crippen LogP contribution in [0.25, 0.3) is 0 Å². The Labute approximate surface area is 196 Å². The summed E-state index contributed by atoms with van der Waals surface area (Å²) < 4.78 is 0.763. The molecule has 1 aromatic carbocycles. The van der Waals surface area contributed by atoms with Crippen LogP contribution in [0, 0.1) is 6.92 Å². The molecule has 1 fully saturated rings. The second-order valence-corrected chi connectivity index (χ2v) is 10.0. The van der Waals surface area contributed by atoms with Crippen molar-refractivity contribution in [2.45, 2.75) is 31.8 Å². The number of amides is 2. The summed E-state index contributed by atoms with van der Waals surface area (Å²) in [5.74, 6) is 0.167. The summed E-state index contributed by atoms with van der Waals surface area (Å²) in [4.78, 5) is 20.6. The van der Waals surface area contributed by atoms with Gasteiger partial charge >= 0.3 is 6.03 Å². The van der Waals surface area contributed by atoms with Crippen LogP contribution in [0.5, 0.6) is 0 Å². The standard InChI is InChI=1S/C23H24Cl2N4OS/c1-15-10-16(12-26-11-15)13-29-9-8-20(19(14-29)21-6-7-22(25)31-21)28-23(30)27-18-4-2-17(24)3-5-18/h2-7,10-12,19-20H,8-9,13-14H2,1H3,(H2,27,28,30). The fraction of sp³-hybridized carbons (Fsp3) is 0.304. The summed E-state index contributed by atoms with van der Waals surface area (Å²) in [6.07, 6.45) is 4.65. The van der Waals surface area contributed by atoms with Gasteiger partial charge in [0, 0.05) is 59.6 Å². The average molecular weight is 475 g/mol. The van der Waals surface area contributed by atoms with Gasteiger partial charge in [0.05, 0.1) is 4.34 Å². The summed E-state index contributed by atoms with van der Waals surface area (Å²) in [6.45, 7) is 4.64. The van der Waals surface area contributed by atoms with Crippen LogP contribution in [0.3, 0.4) is 0 Å². The molecule has 2 unspecified atom stereocenters. The van der Waals surface area contributed by atoms with Crippen molar-refractivity contribution in [2.24, 2.45) is 0 Å². The Morgan fingerprint density at radius 3 is 2.71 bits per heavy atom. The van der Waals surface area contributed by atoms with E-state index >= 15 is 0 Å². The number of anilines is 1. The van der Waals surface area contributed by atoms with E-state index in [0.29, 0.717) is 10.7 Å². The predicted molar refractivity (Wildman–Crippen MR) is 128 cm³/mol. The molecule has 31 heavy (non-hydrogen) atoms. The van der Waals surface area contributed by atoms with E-state index in [2.05, 4.69) is 39.6 Å². The van der Waals surface area contributed by atoms with Crippen LogP contribution in [0.15, 0.2) is 54.9 Å². The molecule has 1 aliphatic heterocycles. The number of halogens is 2. The topological polar surface area (TPSA) is 57.3 Å². The molecule has 3 aromatic rings. The van der Waals surface area contributed by atoms with E-state index in [1.165, 1.54) is 10.4 Å². The van der Waals surface area contributed by atoms with Gasteiger partial charge in [0.1, 0.15) is 0 Å². The first kappa shape index (κ1) is 22.1. The van der Waals surface area contributed by atoms with Crippen LogP contribution in [0.4, 0.5) is 10.5 Å². The quantitative estimate of drug-likeness (QED) is 0.480. The van der Waals surface area contributed by atoms with Gasteiger partial charge in [-0.3, -0.25) is 9.88 Å². The van der Waals surface area contributed by atoms with Crippen molar-refractivity contribution in [1.82, 2.24) is 15.2 Å². The van der Waals surface area contributed by atoms with Gasteiger partial charge in [0.25, 0.3) is 0 Å². The highest BCUT2D eigenvalue weighted by Gasteiger charge is 2.32. The number of pyridine rings is 1. The van der Waals surface area contributed by atoms with Crippen molar-refractivity contribution < 1.29 is 4.79 Å². The van der Waals surface area contributed by atoms with Crippen molar-refractivity contribution in [1.29, 1.82) is 0 Å². The molecule has 1 aliphatic rings. The molecule has 0 spiro atoms. The molecule has 2 amide bonds. The van der Waals surface area contributed by atoms with Gasteiger partial charge in [-0.2, -0.15) is 0 Å². The molecule has 3 heterocycles. The number of urea groups is 1. The Bertz CT molecular complexity index is 1040. The fourth-order valence-electron chi connectivity index (χ4n) is 3.98. The van der Waals surface area contributed by atoms with Crippen molar-refractivity contribution >= 4 is 46.3 Å². The Morgan fingerprint density at radius 1 is 1.19 bits per heavy atom. The Balaban J connectivity index is 1.45. The molecular formula is C23H24Cl2N4OS. The normalized spacial score (nSPS) is 19.2. The Hall–Kier alpha value is -2.12. The minimum atomic E-state index is -0.212. The van der Waals surface area contributed by atoms with E-state index in [0.717, 1.165) is 36.0 Å². The number of aromatic nitrogens is 1. The zero-order chi connectivity index (χ0) is 21.8. The van der Waals surface area contributed by atoms with Gasteiger partial charge in [-0.05, 0) is 60.9 Å². The van der Waals surface area contributed by atoms with Crippen LogP contribution in [-0.2, 0) is 6.54 Å². The number of rotatable bonds is 5. The predicted octanol–water partition coefficient (Wildman–Crippen LogP) is 5.94. The maximum atomic E-state index is 12.7. The number of piperidine rings is 1. The maximum Gasteiger partial charge on any atom is 0.319 e. The summed E-state index contributed by atoms with van der Waals surface area (Å²) in [5.41, 5.74) is 3.08. The molecular weight excluding hydrogens is 451 g/mol. The highest BCUT2D eigenvalue weighted by atomic mass is 35.5. The third-order valence-corrected chi connectivity index (χ3v) is 7.03. The monoisotopic (exact) mass is 474 g/mol. The van der Waals surface area contributed by atoms with Gasteiger partial charge in [-0.25, -0.2) is 4.79 Å². The number of thiophene rings is 1. The van der Waals surface area contributed by atoms with E-state index in [1.54, 1.807) is 35.6 Å². The van der Waals surface area contributed by atoms with Gasteiger partial charge in [0.2, 0.25) is 0 Å². The first-order valence-electron chi connectivity index (χ1n) is 10.2. The average Bonchev–Trinajstić information content (AvgIpc) is 3.17. The summed E-state index contributed by atoms with van der Waals surface area (Å²) in [5, 5.41) is 6.71. The Kier molecular flexibility index (Phi) is 7.13. The molecule has 1 saturated heterocycles. The number of benzene rings is 1. The number of nitrogens with zero attached hydrogens (tertiary/aromatic N) is 2. The van der Waals surface area contributed by atoms with Crippen molar-refractivity contribution in [3.8, 4) is 0 Å². The number of nitrogens with one attached hydrogen (secondary N) is 2. The molecule has 2 N–H and O–H groups in total. The van der Waals surface area contributed by atoms with Crippen LogP contribution in [-0.4, -0.2) is 35.0 Å². The second-order valence-electron chi connectivity index (χ2n) is 7.85. The lowest BCUT2D eigenvalue weighted by Gasteiger charge is -2.38. The maximum absolute atomic E-state index is 12.7. The third kappa shape index (κ3) is 5.98. The number of carbonyl (C=O) groups is 1. The van der Waals surface area contributed by atoms with E-state index < -0.39 is 0 Å². The van der Waals surface area contributed by atoms with Crippen molar-refractivity contribution in [3.05, 3.63) is 80.2 Å². The van der Waals surface area contributed by atoms with Gasteiger partial charge in [-0.1, -0.05) is 29.3 Å². The van der Waals surface area contributed by atoms with Crippen LogP contribution in [0.1, 0.15) is 28.3 Å². The van der Waals surface area contributed by atoms with Gasteiger partial charge in [0.15, 0.2) is 0 Å². The van der Waals surface area contributed by atoms with E-state index in [9.17, 15) is 4.79 Å². The minimum Gasteiger partial charge on any atom is -0.334 e. The van der Waals surface area contributed by atoms with Gasteiger partial charge < -0.3 is 10.6 Å². The van der Waals surface area contributed by atoms with E-state index in [-0.39, 0.29) is 18.0 Å². The fourth-order valence-corrected chi connectivity index (χ4v) is 5.33. The van der Waals surface area contributed by atoms with Crippen LogP contribution < -0.4 is 10.6 Å². The number of hydrogen-bond donors (Lipinski definition) is 2. The van der Waals surface area contributed by atoms with Crippen LogP contribution >= 0.6 is 34.5 Å². The second kappa shape index (κ2) is 10.0. The lowest BCUT2D eigenvalue weighted by molar-refractivity contribution is 0.170. The number of likely N-dealkylation sites (tertiary alicyclic amines) is 1. The molecule has 2 aromatic heterocycles. The molecule has 0 aliphatic carbocycles. The molecule has 0 saturated carbocycles. The first-order chi connectivity index (χ1) is 15.0. The molecule has 0 radical (unpaired) electrons. The minimum absolute atomic E-state index is 0.0221. The van der Waals surface area contributed by atoms with Crippen LogP contribution in [0.2, 0.25) is 9.36 Å². The molecule has 162 valence electrons. The summed E-state index contributed by atoms with van der Waals surface area (Å²) in [7, 11) is 0. The van der Waals surface area contributed by atoms with E-state index in [4.69, 9.17) is 23.2 Å².